The van der Waals surface area contributed by atoms with Crippen LogP contribution in [0.15, 0.2) is 28.6 Å². The van der Waals surface area contributed by atoms with Crippen molar-refractivity contribution in [2.45, 2.75) is 56.6 Å². The fourth-order valence-electron chi connectivity index (χ4n) is 3.91. The smallest absolute Gasteiger partial charge is 0.216 e. The van der Waals surface area contributed by atoms with Crippen LogP contribution < -0.4 is 5.32 Å². The molecule has 1 heterocycles. The van der Waals surface area contributed by atoms with Gasteiger partial charge in [-0.15, -0.1) is 11.3 Å². The van der Waals surface area contributed by atoms with Crippen molar-refractivity contribution < 1.29 is 22.8 Å². The second-order valence-corrected chi connectivity index (χ2v) is 11.7. The highest BCUT2D eigenvalue weighted by atomic mass is 32.2. The van der Waals surface area contributed by atoms with Crippen molar-refractivity contribution in [2.75, 3.05) is 12.3 Å². The van der Waals surface area contributed by atoms with E-state index in [4.69, 9.17) is 0 Å². The van der Waals surface area contributed by atoms with Crippen LogP contribution in [0.25, 0.3) is 0 Å². The molecular formula is C23H28N2O5S2. The highest BCUT2D eigenvalue weighted by Gasteiger charge is 2.26. The minimum absolute atomic E-state index is 0.0107. The van der Waals surface area contributed by atoms with Crippen LogP contribution in [-0.4, -0.2) is 43.2 Å². The van der Waals surface area contributed by atoms with Crippen molar-refractivity contribution in [2.24, 2.45) is 5.92 Å². The summed E-state index contributed by atoms with van der Waals surface area (Å²) in [6.07, 6.45) is 5.32. The lowest BCUT2D eigenvalue weighted by atomic mass is 9.90. The van der Waals surface area contributed by atoms with Gasteiger partial charge >= 0.3 is 0 Å². The number of Topliss-reactive ketones (excluding diaryl/α,β-unsaturated/α-hetero) is 2. The number of hydrogen-bond acceptors (Lipinski definition) is 7. The molecule has 0 saturated heterocycles. The molecule has 0 spiro atoms. The lowest BCUT2D eigenvalue weighted by molar-refractivity contribution is -0.119. The number of carbonyl (C=O) groups is 3. The Hall–Kier alpha value is -2.39. The Labute approximate surface area is 192 Å². The Kier molecular flexibility index (Phi) is 7.95. The Balaban J connectivity index is 1.67. The first-order valence-corrected chi connectivity index (χ1v) is 13.2. The predicted octanol–water partition coefficient (Wildman–Crippen LogP) is 3.09. The first kappa shape index (κ1) is 24.3. The van der Waals surface area contributed by atoms with Crippen molar-refractivity contribution in [3.05, 3.63) is 46.1 Å². The third-order valence-electron chi connectivity index (χ3n) is 5.58. The Bertz CT molecular complexity index is 1120. The molecule has 9 heteroatoms. The SMILES string of the molecule is CC(=O)NCCS(=O)(=O)c1cnc(CC(=O)Cc2ccc(C)cc2C(=O)C2CCCC2)s1. The van der Waals surface area contributed by atoms with E-state index >= 15 is 0 Å². The summed E-state index contributed by atoms with van der Waals surface area (Å²) < 4.78 is 24.8. The molecule has 7 nitrogen and oxygen atoms in total. The molecule has 0 unspecified atom stereocenters. The van der Waals surface area contributed by atoms with Gasteiger partial charge in [-0.2, -0.15) is 0 Å². The van der Waals surface area contributed by atoms with Gasteiger partial charge in [0.2, 0.25) is 5.91 Å². The van der Waals surface area contributed by atoms with Crippen molar-refractivity contribution in [3.63, 3.8) is 0 Å². The predicted molar refractivity (Wildman–Crippen MR) is 123 cm³/mol. The van der Waals surface area contributed by atoms with E-state index < -0.39 is 9.84 Å². The highest BCUT2D eigenvalue weighted by molar-refractivity contribution is 7.93. The molecule has 1 amide bonds. The van der Waals surface area contributed by atoms with Crippen LogP contribution in [0.1, 0.15) is 59.1 Å². The number of nitrogens with one attached hydrogen (secondary N) is 1. The third kappa shape index (κ3) is 6.32. The van der Waals surface area contributed by atoms with Crippen LogP contribution in [0.3, 0.4) is 0 Å². The molecule has 1 aromatic heterocycles. The molecule has 172 valence electrons. The molecule has 32 heavy (non-hydrogen) atoms. The number of aryl methyl sites for hydroxylation is 1. The van der Waals surface area contributed by atoms with Crippen LogP contribution in [0.5, 0.6) is 0 Å². The minimum Gasteiger partial charge on any atom is -0.355 e. The van der Waals surface area contributed by atoms with E-state index in [1.54, 1.807) is 0 Å². The van der Waals surface area contributed by atoms with Gasteiger partial charge in [0.15, 0.2) is 15.6 Å². The number of thiazole rings is 1. The Morgan fingerprint density at radius 1 is 1.16 bits per heavy atom. The maximum Gasteiger partial charge on any atom is 0.216 e. The van der Waals surface area contributed by atoms with Gasteiger partial charge in [0.1, 0.15) is 15.0 Å². The zero-order valence-corrected chi connectivity index (χ0v) is 20.0. The molecule has 0 aliphatic heterocycles. The van der Waals surface area contributed by atoms with E-state index in [-0.39, 0.29) is 52.7 Å². The molecule has 2 aromatic rings. The van der Waals surface area contributed by atoms with Crippen molar-refractivity contribution >= 4 is 38.6 Å². The summed E-state index contributed by atoms with van der Waals surface area (Å²) in [5.74, 6) is -0.479. The summed E-state index contributed by atoms with van der Waals surface area (Å²) in [7, 11) is -3.58. The van der Waals surface area contributed by atoms with Crippen LogP contribution in [0.2, 0.25) is 0 Å². The summed E-state index contributed by atoms with van der Waals surface area (Å²) in [6.45, 7) is 3.28. The maximum absolute atomic E-state index is 13.0. The van der Waals surface area contributed by atoms with Gasteiger partial charge in [0.25, 0.3) is 0 Å². The van der Waals surface area contributed by atoms with E-state index in [0.29, 0.717) is 10.6 Å². The quantitative estimate of drug-likeness (QED) is 0.528. The van der Waals surface area contributed by atoms with E-state index in [1.807, 2.05) is 25.1 Å². The number of benzene rings is 1. The standard InChI is InChI=1S/C23H28N2O5S2/c1-15-7-8-18(20(11-15)23(28)17-5-3-4-6-17)12-19(27)13-21-25-14-22(31-21)32(29,30)10-9-24-16(2)26/h7-8,11,14,17H,3-6,9-10,12-13H2,1-2H3,(H,24,26). The van der Waals surface area contributed by atoms with Gasteiger partial charge in [-0.25, -0.2) is 13.4 Å². The van der Waals surface area contributed by atoms with E-state index in [2.05, 4.69) is 10.3 Å². The molecule has 3 rings (SSSR count). The van der Waals surface area contributed by atoms with E-state index in [0.717, 1.165) is 48.1 Å². The normalized spacial score (nSPS) is 14.4. The summed E-state index contributed by atoms with van der Waals surface area (Å²) in [5.41, 5.74) is 2.33. The summed E-state index contributed by atoms with van der Waals surface area (Å²) in [4.78, 5) is 40.7. The molecule has 0 bridgehead atoms. The van der Waals surface area contributed by atoms with Gasteiger partial charge in [0, 0.05) is 31.4 Å². The van der Waals surface area contributed by atoms with Gasteiger partial charge < -0.3 is 5.32 Å². The molecule has 1 aliphatic rings. The third-order valence-corrected chi connectivity index (χ3v) is 8.84. The zero-order chi connectivity index (χ0) is 23.3. The van der Waals surface area contributed by atoms with Crippen LogP contribution in [0, 0.1) is 12.8 Å². The number of amides is 1. The van der Waals surface area contributed by atoms with Gasteiger partial charge in [-0.1, -0.05) is 30.5 Å². The average molecular weight is 477 g/mol. The van der Waals surface area contributed by atoms with Gasteiger partial charge in [-0.05, 0) is 31.4 Å². The highest BCUT2D eigenvalue weighted by Crippen LogP contribution is 2.30. The Morgan fingerprint density at radius 3 is 2.56 bits per heavy atom. The fraction of sp³-hybridized carbons (Fsp3) is 0.478. The van der Waals surface area contributed by atoms with Crippen molar-refractivity contribution in [1.82, 2.24) is 10.3 Å². The molecule has 1 aliphatic carbocycles. The molecule has 1 aromatic carbocycles. The van der Waals surface area contributed by atoms with E-state index in [9.17, 15) is 22.8 Å². The number of carbonyl (C=O) groups excluding carboxylic acids is 3. The molecule has 1 fully saturated rings. The molecular weight excluding hydrogens is 448 g/mol. The zero-order valence-electron chi connectivity index (χ0n) is 18.3. The largest absolute Gasteiger partial charge is 0.355 e. The lowest BCUT2D eigenvalue weighted by Crippen LogP contribution is -2.26. The fourth-order valence-corrected chi connectivity index (χ4v) is 6.41. The Morgan fingerprint density at radius 2 is 1.88 bits per heavy atom. The number of nitrogens with zero attached hydrogens (tertiary/aromatic N) is 1. The summed E-state index contributed by atoms with van der Waals surface area (Å²) in [5, 5.41) is 2.88. The molecule has 0 radical (unpaired) electrons. The van der Waals surface area contributed by atoms with Gasteiger partial charge in [0.05, 0.1) is 18.4 Å². The number of rotatable bonds is 10. The lowest BCUT2D eigenvalue weighted by Gasteiger charge is -2.13. The monoisotopic (exact) mass is 476 g/mol. The molecule has 1 N–H and O–H groups in total. The van der Waals surface area contributed by atoms with E-state index in [1.165, 1.54) is 13.1 Å². The van der Waals surface area contributed by atoms with Crippen LogP contribution in [-0.2, 0) is 32.3 Å². The number of hydrogen-bond donors (Lipinski definition) is 1. The van der Waals surface area contributed by atoms with Gasteiger partial charge in [-0.3, -0.25) is 14.4 Å². The minimum atomic E-state index is -3.58. The second-order valence-electron chi connectivity index (χ2n) is 8.27. The second kappa shape index (κ2) is 10.5. The maximum atomic E-state index is 13.0. The average Bonchev–Trinajstić information content (AvgIpc) is 3.41. The molecule has 0 atom stereocenters. The van der Waals surface area contributed by atoms with Crippen LogP contribution in [0.4, 0.5) is 0 Å². The van der Waals surface area contributed by atoms with Crippen LogP contribution >= 0.6 is 11.3 Å². The first-order chi connectivity index (χ1) is 15.2. The number of sulfone groups is 1. The summed E-state index contributed by atoms with van der Waals surface area (Å²) >= 11 is 0.971. The van der Waals surface area contributed by atoms with Crippen molar-refractivity contribution in [1.29, 1.82) is 0 Å². The summed E-state index contributed by atoms with van der Waals surface area (Å²) in [6, 6.07) is 5.61. The number of ketones is 2. The van der Waals surface area contributed by atoms with Crippen molar-refractivity contribution in [3.8, 4) is 0 Å². The topological polar surface area (TPSA) is 110 Å². The number of aromatic nitrogens is 1. The molecule has 1 saturated carbocycles. The first-order valence-electron chi connectivity index (χ1n) is 10.7.